The van der Waals surface area contributed by atoms with Crippen molar-refractivity contribution >= 4 is 33.4 Å². The third-order valence-electron chi connectivity index (χ3n) is 4.50. The van der Waals surface area contributed by atoms with Gasteiger partial charge in [-0.05, 0) is 40.5 Å². The molecule has 1 aromatic heterocycles. The van der Waals surface area contributed by atoms with E-state index >= 15 is 0 Å². The fraction of sp³-hybridized carbons (Fsp3) is 0.0870. The predicted molar refractivity (Wildman–Crippen MR) is 111 cm³/mol. The average molecular weight is 424 g/mol. The number of aromatic carboxylic acids is 1. The summed E-state index contributed by atoms with van der Waals surface area (Å²) in [5.74, 6) is -1.39. The van der Waals surface area contributed by atoms with Crippen molar-refractivity contribution in [1.82, 2.24) is 10.3 Å². The first-order valence-corrected chi connectivity index (χ1v) is 9.92. The number of rotatable bonds is 6. The van der Waals surface area contributed by atoms with Crippen LogP contribution in [0.1, 0.15) is 20.9 Å². The van der Waals surface area contributed by atoms with Gasteiger partial charge < -0.3 is 15.2 Å². The zero-order valence-corrected chi connectivity index (χ0v) is 19.2. The smallest absolute Gasteiger partial charge is 0.545 e. The number of benzene rings is 3. The number of carboxylic acid groups (broad SMARTS) is 1. The molecule has 0 fully saturated rings. The minimum atomic E-state index is -1.23. The predicted octanol–water partition coefficient (Wildman–Crippen LogP) is 0.190. The third-order valence-corrected chi connectivity index (χ3v) is 5.52. The molecule has 0 unspecified atom stereocenters. The molecule has 4 aromatic rings. The van der Waals surface area contributed by atoms with Crippen molar-refractivity contribution in [3.63, 3.8) is 0 Å². The summed E-state index contributed by atoms with van der Waals surface area (Å²) in [6.45, 7) is 0.253. The first kappa shape index (κ1) is 22.2. The minimum absolute atomic E-state index is 0. The van der Waals surface area contributed by atoms with E-state index in [1.54, 1.807) is 12.1 Å². The molecule has 0 bridgehead atoms. The van der Waals surface area contributed by atoms with Crippen LogP contribution < -0.4 is 40.0 Å². The molecule has 1 amide bonds. The van der Waals surface area contributed by atoms with Gasteiger partial charge in [-0.15, -0.1) is 11.3 Å². The van der Waals surface area contributed by atoms with E-state index in [9.17, 15) is 14.7 Å². The standard InChI is InChI=1S/C23H18N2O3S.Na/c26-21(24-14-15-5-4-8-18(11-15)23(27)28)13-22-25-19-10-9-17(12-20(19)29-22)16-6-2-1-3-7-16;/h1-12H,13-14H2,(H,24,26)(H,27,28);/q;+1/p-1. The summed E-state index contributed by atoms with van der Waals surface area (Å²) in [5, 5.41) is 14.5. The van der Waals surface area contributed by atoms with E-state index in [2.05, 4.69) is 28.5 Å². The van der Waals surface area contributed by atoms with Gasteiger partial charge in [0.1, 0.15) is 5.01 Å². The summed E-state index contributed by atoms with van der Waals surface area (Å²) in [5.41, 5.74) is 3.93. The number of thiazole rings is 1. The molecule has 7 heteroatoms. The zero-order valence-electron chi connectivity index (χ0n) is 16.4. The number of carbonyl (C=O) groups is 2. The second-order valence-corrected chi connectivity index (χ2v) is 7.71. The van der Waals surface area contributed by atoms with Crippen molar-refractivity contribution in [1.29, 1.82) is 0 Å². The first-order valence-electron chi connectivity index (χ1n) is 9.10. The Morgan fingerprint density at radius 2 is 1.73 bits per heavy atom. The number of fused-ring (bicyclic) bond motifs is 1. The summed E-state index contributed by atoms with van der Waals surface area (Å²) in [4.78, 5) is 27.8. The molecule has 0 saturated heterocycles. The minimum Gasteiger partial charge on any atom is -0.545 e. The molecule has 0 saturated carbocycles. The molecule has 144 valence electrons. The first-order chi connectivity index (χ1) is 14.1. The van der Waals surface area contributed by atoms with Crippen LogP contribution in [0, 0.1) is 0 Å². The molecule has 0 spiro atoms. The van der Waals surface area contributed by atoms with E-state index in [-0.39, 0.29) is 54.0 Å². The zero-order chi connectivity index (χ0) is 20.2. The number of aromatic nitrogens is 1. The number of amides is 1. The van der Waals surface area contributed by atoms with Gasteiger partial charge in [-0.25, -0.2) is 4.98 Å². The van der Waals surface area contributed by atoms with Crippen molar-refractivity contribution in [2.45, 2.75) is 13.0 Å². The monoisotopic (exact) mass is 424 g/mol. The molecule has 0 atom stereocenters. The van der Waals surface area contributed by atoms with Gasteiger partial charge in [0.2, 0.25) is 5.91 Å². The number of nitrogens with one attached hydrogen (secondary N) is 1. The number of hydrogen-bond donors (Lipinski definition) is 1. The maximum atomic E-state index is 12.3. The number of nitrogens with zero attached hydrogens (tertiary/aromatic N) is 1. The van der Waals surface area contributed by atoms with E-state index < -0.39 is 5.97 Å². The number of carboxylic acids is 1. The van der Waals surface area contributed by atoms with Crippen molar-refractivity contribution in [2.75, 3.05) is 0 Å². The summed E-state index contributed by atoms with van der Waals surface area (Å²) in [6, 6.07) is 22.6. The maximum Gasteiger partial charge on any atom is 1.00 e. The van der Waals surface area contributed by atoms with Crippen LogP contribution in [0.25, 0.3) is 21.3 Å². The average Bonchev–Trinajstić information content (AvgIpc) is 3.14. The van der Waals surface area contributed by atoms with Gasteiger partial charge in [0, 0.05) is 6.54 Å². The third kappa shape index (κ3) is 5.34. The topological polar surface area (TPSA) is 82.1 Å². The molecule has 1 heterocycles. The van der Waals surface area contributed by atoms with Crippen LogP contribution >= 0.6 is 11.3 Å². The van der Waals surface area contributed by atoms with E-state index in [4.69, 9.17) is 0 Å². The Labute approximate surface area is 200 Å². The molecule has 1 N–H and O–H groups in total. The quantitative estimate of drug-likeness (QED) is 0.448. The van der Waals surface area contributed by atoms with Crippen LogP contribution in [0.2, 0.25) is 0 Å². The molecule has 0 aliphatic rings. The Hall–Kier alpha value is -2.51. The normalized spacial score (nSPS) is 10.4. The largest absolute Gasteiger partial charge is 1.00 e. The Balaban J connectivity index is 0.00000256. The van der Waals surface area contributed by atoms with Crippen molar-refractivity contribution < 1.29 is 44.3 Å². The second kappa shape index (κ2) is 10.00. The summed E-state index contributed by atoms with van der Waals surface area (Å²) in [6.07, 6.45) is 0.181. The van der Waals surface area contributed by atoms with Crippen LogP contribution in [0.3, 0.4) is 0 Å². The van der Waals surface area contributed by atoms with E-state index in [1.807, 2.05) is 30.3 Å². The summed E-state index contributed by atoms with van der Waals surface area (Å²) >= 11 is 1.50. The van der Waals surface area contributed by atoms with E-state index in [0.717, 1.165) is 26.4 Å². The van der Waals surface area contributed by atoms with Crippen molar-refractivity contribution in [3.8, 4) is 11.1 Å². The second-order valence-electron chi connectivity index (χ2n) is 6.60. The molecule has 30 heavy (non-hydrogen) atoms. The van der Waals surface area contributed by atoms with Crippen LogP contribution in [-0.2, 0) is 17.8 Å². The van der Waals surface area contributed by atoms with Crippen molar-refractivity contribution in [2.24, 2.45) is 0 Å². The molecule has 0 radical (unpaired) electrons. The van der Waals surface area contributed by atoms with Crippen LogP contribution in [-0.4, -0.2) is 16.9 Å². The molecular formula is C23H17N2NaO3S. The van der Waals surface area contributed by atoms with Gasteiger partial charge in [0.15, 0.2) is 0 Å². The Bertz CT molecular complexity index is 1190. The van der Waals surface area contributed by atoms with Crippen LogP contribution in [0.5, 0.6) is 0 Å². The number of carbonyl (C=O) groups excluding carboxylic acids is 2. The summed E-state index contributed by atoms with van der Waals surface area (Å²) in [7, 11) is 0. The summed E-state index contributed by atoms with van der Waals surface area (Å²) < 4.78 is 1.04. The SMILES string of the molecule is O=C(Cc1nc2ccc(-c3ccccc3)cc2s1)NCc1cccc(C(=O)[O-])c1.[Na+]. The Morgan fingerprint density at radius 1 is 0.933 bits per heavy atom. The molecular weight excluding hydrogens is 407 g/mol. The van der Waals surface area contributed by atoms with Gasteiger partial charge in [-0.3, -0.25) is 4.79 Å². The van der Waals surface area contributed by atoms with Gasteiger partial charge in [-0.1, -0.05) is 54.6 Å². The number of hydrogen-bond acceptors (Lipinski definition) is 5. The van der Waals surface area contributed by atoms with Gasteiger partial charge in [0.05, 0.1) is 22.6 Å². The van der Waals surface area contributed by atoms with Crippen LogP contribution in [0.15, 0.2) is 72.8 Å². The van der Waals surface area contributed by atoms with Crippen molar-refractivity contribution in [3.05, 3.63) is 88.9 Å². The van der Waals surface area contributed by atoms with E-state index in [0.29, 0.717) is 5.56 Å². The van der Waals surface area contributed by atoms with Gasteiger partial charge >= 0.3 is 29.6 Å². The van der Waals surface area contributed by atoms with E-state index in [1.165, 1.54) is 23.5 Å². The Kier molecular flexibility index (Phi) is 7.39. The fourth-order valence-electron chi connectivity index (χ4n) is 3.07. The Morgan fingerprint density at radius 3 is 2.50 bits per heavy atom. The fourth-order valence-corrected chi connectivity index (χ4v) is 4.07. The molecule has 3 aromatic carbocycles. The van der Waals surface area contributed by atoms with Crippen LogP contribution in [0.4, 0.5) is 0 Å². The van der Waals surface area contributed by atoms with Gasteiger partial charge in [-0.2, -0.15) is 0 Å². The molecule has 0 aliphatic carbocycles. The maximum absolute atomic E-state index is 12.3. The molecule has 0 aliphatic heterocycles. The van der Waals surface area contributed by atoms with Gasteiger partial charge in [0.25, 0.3) is 0 Å². The molecule has 5 nitrogen and oxygen atoms in total. The molecule has 4 rings (SSSR count).